The molecule has 2 heterocycles. The highest BCUT2D eigenvalue weighted by atomic mass is 32.2. The molecule has 2 aromatic heterocycles. The highest BCUT2D eigenvalue weighted by Crippen LogP contribution is 2.29. The van der Waals surface area contributed by atoms with Gasteiger partial charge in [-0.25, -0.2) is 17.4 Å². The van der Waals surface area contributed by atoms with Crippen molar-refractivity contribution in [3.05, 3.63) is 42.9 Å². The molecule has 19 heavy (non-hydrogen) atoms. The molecule has 0 fully saturated rings. The standard InChI is InChI=1S/C13H13N3O2S/c1-15-9-11(10-5-3-4-6-12(10)15)13-14-7-8-16(13)19(2,17)18/h3-9H,1-2H3. The Morgan fingerprint density at radius 3 is 2.68 bits per heavy atom. The first kappa shape index (κ1) is 12.0. The smallest absolute Gasteiger partial charge is 0.237 e. The number of imidazole rings is 1. The van der Waals surface area contributed by atoms with Crippen molar-refractivity contribution in [1.29, 1.82) is 0 Å². The molecule has 6 heteroatoms. The molecular formula is C13H13N3O2S. The van der Waals surface area contributed by atoms with Gasteiger partial charge in [0.25, 0.3) is 0 Å². The average molecular weight is 275 g/mol. The fourth-order valence-corrected chi connectivity index (χ4v) is 3.00. The summed E-state index contributed by atoms with van der Waals surface area (Å²) in [5, 5.41) is 0.987. The van der Waals surface area contributed by atoms with E-state index in [0.29, 0.717) is 5.82 Å². The maximum atomic E-state index is 11.7. The summed E-state index contributed by atoms with van der Waals surface area (Å²) in [6.45, 7) is 0. The van der Waals surface area contributed by atoms with E-state index in [1.165, 1.54) is 22.6 Å². The Hall–Kier alpha value is -2.08. The van der Waals surface area contributed by atoms with Crippen LogP contribution in [-0.2, 0) is 17.1 Å². The lowest BCUT2D eigenvalue weighted by Crippen LogP contribution is -2.10. The second-order valence-electron chi connectivity index (χ2n) is 4.48. The van der Waals surface area contributed by atoms with Crippen LogP contribution in [-0.4, -0.2) is 28.2 Å². The van der Waals surface area contributed by atoms with E-state index in [-0.39, 0.29) is 0 Å². The lowest BCUT2D eigenvalue weighted by atomic mass is 10.2. The van der Waals surface area contributed by atoms with Crippen LogP contribution in [0.15, 0.2) is 42.9 Å². The first-order chi connectivity index (χ1) is 8.98. The van der Waals surface area contributed by atoms with E-state index in [2.05, 4.69) is 4.98 Å². The monoisotopic (exact) mass is 275 g/mol. The van der Waals surface area contributed by atoms with Crippen molar-refractivity contribution < 1.29 is 8.42 Å². The summed E-state index contributed by atoms with van der Waals surface area (Å²) in [5.41, 5.74) is 1.86. The Kier molecular flexibility index (Phi) is 2.50. The van der Waals surface area contributed by atoms with E-state index in [0.717, 1.165) is 16.5 Å². The molecule has 0 amide bonds. The minimum absolute atomic E-state index is 0.444. The van der Waals surface area contributed by atoms with Gasteiger partial charge in [0, 0.05) is 42.1 Å². The van der Waals surface area contributed by atoms with Crippen LogP contribution in [0.2, 0.25) is 0 Å². The van der Waals surface area contributed by atoms with Crippen LogP contribution in [0, 0.1) is 0 Å². The van der Waals surface area contributed by atoms with Gasteiger partial charge in [0.05, 0.1) is 6.26 Å². The predicted molar refractivity (Wildman–Crippen MR) is 74.4 cm³/mol. The average Bonchev–Trinajstić information content (AvgIpc) is 2.94. The second-order valence-corrected chi connectivity index (χ2v) is 6.34. The quantitative estimate of drug-likeness (QED) is 0.717. The van der Waals surface area contributed by atoms with Crippen molar-refractivity contribution in [3.8, 4) is 11.4 Å². The molecule has 1 aromatic carbocycles. The summed E-state index contributed by atoms with van der Waals surface area (Å²) in [4.78, 5) is 4.19. The Morgan fingerprint density at radius 2 is 1.95 bits per heavy atom. The van der Waals surface area contributed by atoms with Gasteiger partial charge in [-0.1, -0.05) is 18.2 Å². The van der Waals surface area contributed by atoms with Crippen LogP contribution < -0.4 is 0 Å². The van der Waals surface area contributed by atoms with Gasteiger partial charge in [-0.05, 0) is 6.07 Å². The Balaban J connectivity index is 2.35. The summed E-state index contributed by atoms with van der Waals surface area (Å²) >= 11 is 0. The highest BCUT2D eigenvalue weighted by Gasteiger charge is 2.17. The fourth-order valence-electron chi connectivity index (χ4n) is 2.27. The van der Waals surface area contributed by atoms with Crippen LogP contribution in [0.4, 0.5) is 0 Å². The van der Waals surface area contributed by atoms with Gasteiger partial charge in [0.15, 0.2) is 5.82 Å². The molecule has 0 spiro atoms. The molecule has 0 aliphatic carbocycles. The molecule has 0 unspecified atom stereocenters. The van der Waals surface area contributed by atoms with Gasteiger partial charge in [-0.3, -0.25) is 0 Å². The van der Waals surface area contributed by atoms with Gasteiger partial charge < -0.3 is 4.57 Å². The molecule has 98 valence electrons. The second kappa shape index (κ2) is 3.96. The molecule has 0 saturated carbocycles. The number of hydrogen-bond acceptors (Lipinski definition) is 3. The molecule has 0 saturated heterocycles. The summed E-state index contributed by atoms with van der Waals surface area (Å²) < 4.78 is 26.7. The lowest BCUT2D eigenvalue weighted by molar-refractivity contribution is 0.594. The van der Waals surface area contributed by atoms with Crippen molar-refractivity contribution in [2.75, 3.05) is 6.26 Å². The van der Waals surface area contributed by atoms with Crippen LogP contribution in [0.1, 0.15) is 0 Å². The number of benzene rings is 1. The normalized spacial score (nSPS) is 12.1. The van der Waals surface area contributed by atoms with Crippen LogP contribution in [0.3, 0.4) is 0 Å². The minimum Gasteiger partial charge on any atom is -0.350 e. The zero-order valence-electron chi connectivity index (χ0n) is 10.6. The van der Waals surface area contributed by atoms with Crippen molar-refractivity contribution >= 4 is 20.9 Å². The van der Waals surface area contributed by atoms with Gasteiger partial charge in [-0.2, -0.15) is 0 Å². The molecule has 0 aliphatic rings. The molecule has 0 radical (unpaired) electrons. The highest BCUT2D eigenvalue weighted by molar-refractivity contribution is 7.89. The minimum atomic E-state index is -3.35. The van der Waals surface area contributed by atoms with E-state index >= 15 is 0 Å². The number of nitrogens with zero attached hydrogens (tertiary/aromatic N) is 3. The van der Waals surface area contributed by atoms with E-state index in [1.54, 1.807) is 0 Å². The van der Waals surface area contributed by atoms with E-state index in [9.17, 15) is 8.42 Å². The van der Waals surface area contributed by atoms with Crippen molar-refractivity contribution in [1.82, 2.24) is 13.5 Å². The number of fused-ring (bicyclic) bond motifs is 1. The Bertz CT molecular complexity index is 859. The predicted octanol–water partition coefficient (Wildman–Crippen LogP) is 1.85. The van der Waals surface area contributed by atoms with E-state index in [4.69, 9.17) is 0 Å². The maximum Gasteiger partial charge on any atom is 0.237 e. The zero-order valence-corrected chi connectivity index (χ0v) is 11.4. The first-order valence-corrected chi connectivity index (χ1v) is 7.61. The SMILES string of the molecule is Cn1cc(-c2nccn2S(C)(=O)=O)c2ccccc21. The summed E-state index contributed by atoms with van der Waals surface area (Å²) in [7, 11) is -1.42. The molecule has 3 rings (SSSR count). The summed E-state index contributed by atoms with van der Waals surface area (Å²) in [6, 6.07) is 7.84. The summed E-state index contributed by atoms with van der Waals surface area (Å²) in [5.74, 6) is 0.444. The summed E-state index contributed by atoms with van der Waals surface area (Å²) in [6.07, 6.45) is 6.03. The van der Waals surface area contributed by atoms with Gasteiger partial charge in [0.1, 0.15) is 0 Å². The molecular weight excluding hydrogens is 262 g/mol. The third-order valence-corrected chi connectivity index (χ3v) is 4.11. The number of hydrogen-bond donors (Lipinski definition) is 0. The van der Waals surface area contributed by atoms with Gasteiger partial charge in [0.2, 0.25) is 10.0 Å². The van der Waals surface area contributed by atoms with Crippen molar-refractivity contribution in [2.45, 2.75) is 0 Å². The van der Waals surface area contributed by atoms with Gasteiger partial charge >= 0.3 is 0 Å². The lowest BCUT2D eigenvalue weighted by Gasteiger charge is -2.03. The Labute approximate surface area is 111 Å². The van der Waals surface area contributed by atoms with Crippen LogP contribution >= 0.6 is 0 Å². The van der Waals surface area contributed by atoms with Crippen LogP contribution in [0.5, 0.6) is 0 Å². The number of aryl methyl sites for hydroxylation is 1. The first-order valence-electron chi connectivity index (χ1n) is 5.77. The van der Waals surface area contributed by atoms with Crippen LogP contribution in [0.25, 0.3) is 22.3 Å². The molecule has 0 atom stereocenters. The zero-order chi connectivity index (χ0) is 13.6. The Morgan fingerprint density at radius 1 is 1.21 bits per heavy atom. The maximum absolute atomic E-state index is 11.7. The molecule has 0 aliphatic heterocycles. The topological polar surface area (TPSA) is 56.9 Å². The number of para-hydroxylation sites is 1. The fraction of sp³-hybridized carbons (Fsp3) is 0.154. The molecule has 0 N–H and O–H groups in total. The largest absolute Gasteiger partial charge is 0.350 e. The third kappa shape index (κ3) is 1.84. The molecule has 0 bridgehead atoms. The molecule has 3 aromatic rings. The molecule has 5 nitrogen and oxygen atoms in total. The van der Waals surface area contributed by atoms with Crippen molar-refractivity contribution in [2.24, 2.45) is 7.05 Å². The van der Waals surface area contributed by atoms with E-state index in [1.807, 2.05) is 42.1 Å². The van der Waals surface area contributed by atoms with Gasteiger partial charge in [-0.15, -0.1) is 0 Å². The number of aromatic nitrogens is 3. The number of rotatable bonds is 2. The van der Waals surface area contributed by atoms with Crippen molar-refractivity contribution in [3.63, 3.8) is 0 Å². The van der Waals surface area contributed by atoms with E-state index < -0.39 is 10.0 Å². The third-order valence-electron chi connectivity index (χ3n) is 3.10.